The lowest BCUT2D eigenvalue weighted by atomic mass is 10.1. The third-order valence-electron chi connectivity index (χ3n) is 3.00. The van der Waals surface area contributed by atoms with Crippen molar-refractivity contribution in [3.05, 3.63) is 65.0 Å². The van der Waals surface area contributed by atoms with Crippen LogP contribution in [-0.2, 0) is 6.54 Å². The van der Waals surface area contributed by atoms with Gasteiger partial charge in [0.15, 0.2) is 0 Å². The summed E-state index contributed by atoms with van der Waals surface area (Å²) in [6.45, 7) is 0.163. The number of benzene rings is 2. The number of amides is 1. The molecule has 0 aliphatic carbocycles. The number of hydrogen-bond acceptors (Lipinski definition) is 2. The number of hydrogen-bond donors (Lipinski definition) is 1. The van der Waals surface area contributed by atoms with Crippen LogP contribution in [0.1, 0.15) is 15.9 Å². The molecule has 3 nitrogen and oxygen atoms in total. The fourth-order valence-corrected chi connectivity index (χ4v) is 1.87. The molecule has 0 fully saturated rings. The third kappa shape index (κ3) is 3.34. The monoisotopic (exact) mass is 294 g/mol. The molecule has 0 bridgehead atoms. The zero-order valence-electron chi connectivity index (χ0n) is 11.2. The lowest BCUT2D eigenvalue weighted by Gasteiger charge is -2.18. The number of nitrogen functional groups attached to an aromatic ring is 1. The van der Waals surface area contributed by atoms with E-state index in [-0.39, 0.29) is 23.6 Å². The quantitative estimate of drug-likeness (QED) is 0.885. The van der Waals surface area contributed by atoms with E-state index in [4.69, 9.17) is 5.73 Å². The zero-order valence-corrected chi connectivity index (χ0v) is 11.2. The predicted octanol–water partition coefficient (Wildman–Crippen LogP) is 2.96. The SMILES string of the molecule is CN(Cc1ccc(F)cc1)C(=O)c1cc(N)c(F)cc1F. The Morgan fingerprint density at radius 3 is 2.33 bits per heavy atom. The fourth-order valence-electron chi connectivity index (χ4n) is 1.87. The van der Waals surface area contributed by atoms with Crippen LogP contribution in [0.25, 0.3) is 0 Å². The van der Waals surface area contributed by atoms with Crippen LogP contribution in [0.3, 0.4) is 0 Å². The first-order valence-corrected chi connectivity index (χ1v) is 6.13. The van der Waals surface area contributed by atoms with E-state index in [0.717, 1.165) is 6.07 Å². The molecular weight excluding hydrogens is 281 g/mol. The number of nitrogens with zero attached hydrogens (tertiary/aromatic N) is 1. The van der Waals surface area contributed by atoms with Crippen LogP contribution in [0.2, 0.25) is 0 Å². The molecule has 0 atom stereocenters. The molecule has 0 saturated carbocycles. The van der Waals surface area contributed by atoms with E-state index in [2.05, 4.69) is 0 Å². The number of nitrogens with two attached hydrogens (primary N) is 1. The maximum absolute atomic E-state index is 13.6. The van der Waals surface area contributed by atoms with E-state index in [1.807, 2.05) is 0 Å². The Balaban J connectivity index is 2.19. The maximum Gasteiger partial charge on any atom is 0.256 e. The summed E-state index contributed by atoms with van der Waals surface area (Å²) >= 11 is 0. The molecule has 2 aromatic carbocycles. The Bertz CT molecular complexity index is 671. The summed E-state index contributed by atoms with van der Waals surface area (Å²) in [6, 6.07) is 7.12. The second kappa shape index (κ2) is 5.87. The van der Waals surface area contributed by atoms with Crippen LogP contribution in [0.4, 0.5) is 18.9 Å². The predicted molar refractivity (Wildman–Crippen MR) is 73.0 cm³/mol. The van der Waals surface area contributed by atoms with E-state index in [1.165, 1.54) is 36.2 Å². The second-order valence-electron chi connectivity index (χ2n) is 4.64. The molecule has 0 unspecified atom stereocenters. The van der Waals surface area contributed by atoms with Crippen molar-refractivity contribution in [1.29, 1.82) is 0 Å². The molecule has 0 saturated heterocycles. The summed E-state index contributed by atoms with van der Waals surface area (Å²) in [6.07, 6.45) is 0. The summed E-state index contributed by atoms with van der Waals surface area (Å²) in [4.78, 5) is 13.4. The highest BCUT2D eigenvalue weighted by molar-refractivity contribution is 5.95. The van der Waals surface area contributed by atoms with Gasteiger partial charge in [-0.1, -0.05) is 12.1 Å². The van der Waals surface area contributed by atoms with Crippen molar-refractivity contribution in [2.75, 3.05) is 12.8 Å². The first-order valence-electron chi connectivity index (χ1n) is 6.13. The number of carbonyl (C=O) groups is 1. The third-order valence-corrected chi connectivity index (χ3v) is 3.00. The van der Waals surface area contributed by atoms with Crippen LogP contribution in [0, 0.1) is 17.5 Å². The van der Waals surface area contributed by atoms with Gasteiger partial charge in [-0.3, -0.25) is 4.79 Å². The molecule has 21 heavy (non-hydrogen) atoms. The van der Waals surface area contributed by atoms with Gasteiger partial charge < -0.3 is 10.6 Å². The normalized spacial score (nSPS) is 10.5. The fraction of sp³-hybridized carbons (Fsp3) is 0.133. The van der Waals surface area contributed by atoms with Gasteiger partial charge in [0.1, 0.15) is 17.5 Å². The number of rotatable bonds is 3. The maximum atomic E-state index is 13.6. The molecule has 0 aliphatic heterocycles. The highest BCUT2D eigenvalue weighted by Crippen LogP contribution is 2.18. The van der Waals surface area contributed by atoms with E-state index >= 15 is 0 Å². The minimum atomic E-state index is -0.974. The molecule has 6 heteroatoms. The minimum absolute atomic E-state index is 0.163. The van der Waals surface area contributed by atoms with Gasteiger partial charge in [-0.25, -0.2) is 13.2 Å². The Labute approximate surface area is 119 Å². The number of carbonyl (C=O) groups excluding carboxylic acids is 1. The van der Waals surface area contributed by atoms with Crippen molar-refractivity contribution >= 4 is 11.6 Å². The van der Waals surface area contributed by atoms with Crippen LogP contribution in [0.5, 0.6) is 0 Å². The second-order valence-corrected chi connectivity index (χ2v) is 4.64. The largest absolute Gasteiger partial charge is 0.396 e. The van der Waals surface area contributed by atoms with E-state index in [0.29, 0.717) is 11.6 Å². The van der Waals surface area contributed by atoms with Gasteiger partial charge in [-0.05, 0) is 23.8 Å². The molecule has 2 aromatic rings. The average molecular weight is 294 g/mol. The molecule has 0 heterocycles. The lowest BCUT2D eigenvalue weighted by molar-refractivity contribution is 0.0780. The van der Waals surface area contributed by atoms with Crippen molar-refractivity contribution in [1.82, 2.24) is 4.90 Å². The summed E-state index contributed by atoms with van der Waals surface area (Å²) in [7, 11) is 1.46. The van der Waals surface area contributed by atoms with E-state index in [1.54, 1.807) is 0 Å². The van der Waals surface area contributed by atoms with Crippen LogP contribution < -0.4 is 5.73 Å². The molecule has 0 aromatic heterocycles. The van der Waals surface area contributed by atoms with Gasteiger partial charge in [0.2, 0.25) is 0 Å². The molecular formula is C15H13F3N2O. The van der Waals surface area contributed by atoms with Crippen molar-refractivity contribution in [3.63, 3.8) is 0 Å². The molecule has 0 spiro atoms. The molecule has 110 valence electrons. The highest BCUT2D eigenvalue weighted by Gasteiger charge is 2.18. The van der Waals surface area contributed by atoms with E-state index in [9.17, 15) is 18.0 Å². The summed E-state index contributed by atoms with van der Waals surface area (Å²) in [5.74, 6) is -2.91. The van der Waals surface area contributed by atoms with Gasteiger partial charge in [0, 0.05) is 19.7 Å². The lowest BCUT2D eigenvalue weighted by Crippen LogP contribution is -2.27. The van der Waals surface area contributed by atoms with Crippen molar-refractivity contribution in [2.24, 2.45) is 0 Å². The van der Waals surface area contributed by atoms with Crippen molar-refractivity contribution in [2.45, 2.75) is 6.54 Å². The first-order chi connectivity index (χ1) is 9.88. The molecule has 2 rings (SSSR count). The van der Waals surface area contributed by atoms with Gasteiger partial charge in [0.05, 0.1) is 11.3 Å². The summed E-state index contributed by atoms with van der Waals surface area (Å²) in [5.41, 5.74) is 5.42. The summed E-state index contributed by atoms with van der Waals surface area (Å²) < 4.78 is 39.5. The number of anilines is 1. The average Bonchev–Trinajstić information content (AvgIpc) is 2.44. The Morgan fingerprint density at radius 1 is 1.10 bits per heavy atom. The Morgan fingerprint density at radius 2 is 1.71 bits per heavy atom. The minimum Gasteiger partial charge on any atom is -0.396 e. The van der Waals surface area contributed by atoms with Gasteiger partial charge in [0.25, 0.3) is 5.91 Å². The molecule has 1 amide bonds. The molecule has 2 N–H and O–H groups in total. The van der Waals surface area contributed by atoms with Crippen molar-refractivity contribution < 1.29 is 18.0 Å². The van der Waals surface area contributed by atoms with Gasteiger partial charge in [-0.15, -0.1) is 0 Å². The Hall–Kier alpha value is -2.50. The molecule has 0 aliphatic rings. The van der Waals surface area contributed by atoms with E-state index < -0.39 is 17.5 Å². The first kappa shape index (κ1) is 14.9. The van der Waals surface area contributed by atoms with Crippen molar-refractivity contribution in [3.8, 4) is 0 Å². The summed E-state index contributed by atoms with van der Waals surface area (Å²) in [5, 5.41) is 0. The van der Waals surface area contributed by atoms with Gasteiger partial charge >= 0.3 is 0 Å². The van der Waals surface area contributed by atoms with Crippen LogP contribution >= 0.6 is 0 Å². The standard InChI is InChI=1S/C15H13F3N2O/c1-20(8-9-2-4-10(16)5-3-9)15(21)11-6-14(19)13(18)7-12(11)17/h2-7H,8,19H2,1H3. The van der Waals surface area contributed by atoms with Crippen LogP contribution in [0.15, 0.2) is 36.4 Å². The van der Waals surface area contributed by atoms with Gasteiger partial charge in [-0.2, -0.15) is 0 Å². The van der Waals surface area contributed by atoms with Crippen LogP contribution in [-0.4, -0.2) is 17.9 Å². The Kier molecular flexibility index (Phi) is 4.16. The molecule has 0 radical (unpaired) electrons. The number of halogens is 3. The topological polar surface area (TPSA) is 46.3 Å². The zero-order chi connectivity index (χ0) is 15.6. The smallest absolute Gasteiger partial charge is 0.256 e. The highest BCUT2D eigenvalue weighted by atomic mass is 19.1.